The van der Waals surface area contributed by atoms with Crippen molar-refractivity contribution < 1.29 is 14.7 Å². The van der Waals surface area contributed by atoms with Gasteiger partial charge in [0.05, 0.1) is 11.4 Å². The van der Waals surface area contributed by atoms with Gasteiger partial charge in [0.25, 0.3) is 11.8 Å². The number of aromatic hydroxyl groups is 1. The van der Waals surface area contributed by atoms with Crippen LogP contribution >= 0.6 is 11.6 Å². The van der Waals surface area contributed by atoms with E-state index in [1.54, 1.807) is 29.8 Å². The van der Waals surface area contributed by atoms with Gasteiger partial charge in [0.15, 0.2) is 5.84 Å². The average Bonchev–Trinajstić information content (AvgIpc) is 3.19. The van der Waals surface area contributed by atoms with Crippen molar-refractivity contribution in [2.45, 2.75) is 6.92 Å². The quantitative estimate of drug-likeness (QED) is 0.405. The lowest BCUT2D eigenvalue weighted by Crippen LogP contribution is -2.53. The molecule has 0 spiro atoms. The molecule has 0 unspecified atom stereocenters. The van der Waals surface area contributed by atoms with E-state index in [2.05, 4.69) is 15.5 Å². The molecule has 0 bridgehead atoms. The third-order valence-corrected chi connectivity index (χ3v) is 5.93. The van der Waals surface area contributed by atoms with Gasteiger partial charge in [0.1, 0.15) is 16.6 Å². The Morgan fingerprint density at radius 2 is 1.61 bits per heavy atom. The van der Waals surface area contributed by atoms with E-state index in [-0.39, 0.29) is 22.8 Å². The molecular formula is C27H20ClN5O3. The highest BCUT2D eigenvalue weighted by molar-refractivity contribution is 6.31. The number of halogens is 1. The van der Waals surface area contributed by atoms with Gasteiger partial charge in [-0.2, -0.15) is 10.1 Å². The molecule has 36 heavy (non-hydrogen) atoms. The fraction of sp³-hybridized carbons (Fsp3) is 0.0370. The van der Waals surface area contributed by atoms with E-state index >= 15 is 0 Å². The summed E-state index contributed by atoms with van der Waals surface area (Å²) in [5.74, 6) is -0.815. The maximum absolute atomic E-state index is 13.3. The lowest BCUT2D eigenvalue weighted by molar-refractivity contribution is -0.120. The number of phenols is 1. The molecule has 0 saturated heterocycles. The number of amidine groups is 1. The number of hydrogen-bond donors (Lipinski definition) is 2. The van der Waals surface area contributed by atoms with Crippen LogP contribution in [0.25, 0.3) is 11.8 Å². The van der Waals surface area contributed by atoms with Gasteiger partial charge in [-0.15, -0.1) is 0 Å². The Hall–Kier alpha value is -4.69. The predicted molar refractivity (Wildman–Crippen MR) is 137 cm³/mol. The zero-order valence-electron chi connectivity index (χ0n) is 19.1. The molecule has 1 aromatic heterocycles. The second-order valence-electron chi connectivity index (χ2n) is 8.00. The van der Waals surface area contributed by atoms with Crippen molar-refractivity contribution in [3.05, 3.63) is 118 Å². The minimum absolute atomic E-state index is 0.0275. The van der Waals surface area contributed by atoms with Crippen LogP contribution in [0, 0.1) is 6.92 Å². The number of hydrazine groups is 1. The smallest absolute Gasteiger partial charge is 0.288 e. The molecule has 0 saturated carbocycles. The molecule has 0 fully saturated rings. The molecule has 0 atom stereocenters. The summed E-state index contributed by atoms with van der Waals surface area (Å²) < 4.78 is 1.59. The van der Waals surface area contributed by atoms with Crippen LogP contribution < -0.4 is 5.43 Å². The largest absolute Gasteiger partial charge is 0.508 e. The Morgan fingerprint density at radius 1 is 0.972 bits per heavy atom. The third kappa shape index (κ3) is 4.37. The Kier molecular flexibility index (Phi) is 6.10. The average molecular weight is 498 g/mol. The van der Waals surface area contributed by atoms with Gasteiger partial charge in [0.2, 0.25) is 0 Å². The van der Waals surface area contributed by atoms with Crippen molar-refractivity contribution in [3.8, 4) is 11.4 Å². The maximum Gasteiger partial charge on any atom is 0.288 e. The first-order valence-electron chi connectivity index (χ1n) is 11.0. The van der Waals surface area contributed by atoms with E-state index in [0.29, 0.717) is 22.0 Å². The van der Waals surface area contributed by atoms with Crippen molar-refractivity contribution in [2.24, 2.45) is 4.99 Å². The van der Waals surface area contributed by atoms with Crippen LogP contribution in [0.3, 0.4) is 0 Å². The number of aryl methyl sites for hydroxylation is 1. The Morgan fingerprint density at radius 3 is 2.28 bits per heavy atom. The number of carbonyl (C=O) groups excluding carboxylic acids is 2. The number of nitrogens with zero attached hydrogens (tertiary/aromatic N) is 4. The minimum atomic E-state index is -0.579. The first-order valence-corrected chi connectivity index (χ1v) is 11.4. The first kappa shape index (κ1) is 23.1. The van der Waals surface area contributed by atoms with Crippen LogP contribution in [0.15, 0.2) is 95.6 Å². The number of nitrogens with one attached hydrogen (secondary N) is 1. The third-order valence-electron chi connectivity index (χ3n) is 5.56. The lowest BCUT2D eigenvalue weighted by atomic mass is 10.1. The highest BCUT2D eigenvalue weighted by atomic mass is 35.5. The van der Waals surface area contributed by atoms with Crippen molar-refractivity contribution in [1.82, 2.24) is 20.2 Å². The van der Waals surface area contributed by atoms with Crippen LogP contribution in [-0.4, -0.2) is 37.5 Å². The molecule has 5 rings (SSSR count). The van der Waals surface area contributed by atoms with Gasteiger partial charge in [-0.3, -0.25) is 15.0 Å². The van der Waals surface area contributed by atoms with E-state index in [9.17, 15) is 14.7 Å². The van der Waals surface area contributed by atoms with E-state index in [1.807, 2.05) is 48.5 Å². The van der Waals surface area contributed by atoms with Gasteiger partial charge in [-0.1, -0.05) is 60.1 Å². The molecule has 1 aliphatic rings. The van der Waals surface area contributed by atoms with Crippen LogP contribution in [0.4, 0.5) is 0 Å². The fourth-order valence-electron chi connectivity index (χ4n) is 3.74. The second-order valence-corrected chi connectivity index (χ2v) is 8.35. The molecular weight excluding hydrogens is 478 g/mol. The number of hydrogen-bond acceptors (Lipinski definition) is 5. The molecule has 0 aliphatic carbocycles. The summed E-state index contributed by atoms with van der Waals surface area (Å²) >= 11 is 6.65. The number of benzene rings is 3. The van der Waals surface area contributed by atoms with E-state index in [4.69, 9.17) is 11.6 Å². The SMILES string of the molecule is Cc1nn(-c2ccccc2)c(Cl)c1/C=C1\N=C(c2ccccc2)N(C(=O)c2ccc(O)cc2)NC1=O. The summed E-state index contributed by atoms with van der Waals surface area (Å²) in [7, 11) is 0. The zero-order valence-corrected chi connectivity index (χ0v) is 19.8. The van der Waals surface area contributed by atoms with E-state index < -0.39 is 11.8 Å². The number of phenolic OH excluding ortho intramolecular Hbond substituents is 1. The number of amides is 2. The Labute approximate surface area is 211 Å². The number of rotatable bonds is 4. The van der Waals surface area contributed by atoms with Crippen molar-refractivity contribution >= 4 is 35.3 Å². The van der Waals surface area contributed by atoms with Gasteiger partial charge in [-0.05, 0) is 49.4 Å². The number of aliphatic imine (C=N–C) groups is 1. The van der Waals surface area contributed by atoms with Crippen molar-refractivity contribution in [2.75, 3.05) is 0 Å². The zero-order chi connectivity index (χ0) is 25.2. The van der Waals surface area contributed by atoms with E-state index in [0.717, 1.165) is 10.7 Å². The fourth-order valence-corrected chi connectivity index (χ4v) is 4.06. The molecule has 2 N–H and O–H groups in total. The summed E-state index contributed by atoms with van der Waals surface area (Å²) in [6.45, 7) is 1.79. The van der Waals surface area contributed by atoms with Crippen LogP contribution in [0.2, 0.25) is 5.15 Å². The molecule has 8 nitrogen and oxygen atoms in total. The summed E-state index contributed by atoms with van der Waals surface area (Å²) in [6, 6.07) is 24.2. The van der Waals surface area contributed by atoms with Crippen molar-refractivity contribution in [1.29, 1.82) is 0 Å². The van der Waals surface area contributed by atoms with Crippen LogP contribution in [0.5, 0.6) is 5.75 Å². The van der Waals surface area contributed by atoms with Crippen molar-refractivity contribution in [3.63, 3.8) is 0 Å². The number of aromatic nitrogens is 2. The molecule has 3 aromatic carbocycles. The summed E-state index contributed by atoms with van der Waals surface area (Å²) in [5, 5.41) is 15.5. The summed E-state index contributed by atoms with van der Waals surface area (Å²) in [6.07, 6.45) is 1.56. The van der Waals surface area contributed by atoms with Gasteiger partial charge in [-0.25, -0.2) is 9.67 Å². The molecule has 0 radical (unpaired) electrons. The highest BCUT2D eigenvalue weighted by Gasteiger charge is 2.31. The summed E-state index contributed by atoms with van der Waals surface area (Å²) in [4.78, 5) is 30.9. The molecule has 1 aliphatic heterocycles. The molecule has 4 aromatic rings. The Bertz CT molecular complexity index is 1510. The normalized spacial score (nSPS) is 14.5. The number of para-hydroxylation sites is 1. The van der Waals surface area contributed by atoms with Gasteiger partial charge < -0.3 is 5.11 Å². The number of carbonyl (C=O) groups is 2. The monoisotopic (exact) mass is 497 g/mol. The van der Waals surface area contributed by atoms with E-state index in [1.165, 1.54) is 24.3 Å². The first-order chi connectivity index (χ1) is 17.4. The van der Waals surface area contributed by atoms with Crippen LogP contribution in [0.1, 0.15) is 27.2 Å². The predicted octanol–water partition coefficient (Wildman–Crippen LogP) is 4.51. The van der Waals surface area contributed by atoms with Crippen LogP contribution in [-0.2, 0) is 4.79 Å². The van der Waals surface area contributed by atoms with Gasteiger partial charge in [0, 0.05) is 16.7 Å². The minimum Gasteiger partial charge on any atom is -0.508 e. The topological polar surface area (TPSA) is 99.8 Å². The lowest BCUT2D eigenvalue weighted by Gasteiger charge is -2.28. The molecule has 2 amide bonds. The van der Waals surface area contributed by atoms with Gasteiger partial charge >= 0.3 is 0 Å². The standard InChI is InChI=1S/C27H20ClN5O3/c1-17-22(24(28)32(30-17)20-10-6-3-7-11-20)16-23-26(35)31-33(25(29-23)18-8-4-2-5-9-18)27(36)19-12-14-21(34)15-13-19/h2-16,34H,1H3,(H,31,35)/b23-16-. The maximum atomic E-state index is 13.3. The second kappa shape index (κ2) is 9.52. The molecule has 178 valence electrons. The molecule has 2 heterocycles. The Balaban J connectivity index is 1.59. The molecule has 9 heteroatoms. The summed E-state index contributed by atoms with van der Waals surface area (Å²) in [5.41, 5.74) is 5.54. The highest BCUT2D eigenvalue weighted by Crippen LogP contribution is 2.27.